The van der Waals surface area contributed by atoms with E-state index >= 15 is 0 Å². The number of nitrogens with zero attached hydrogens (tertiary/aromatic N) is 1. The summed E-state index contributed by atoms with van der Waals surface area (Å²) in [4.78, 5) is 13.4. The average molecular weight is 275 g/mol. The van der Waals surface area contributed by atoms with Gasteiger partial charge in [0.1, 0.15) is 17.9 Å². The molecule has 3 rings (SSSR count). The number of hydrogen-bond donors (Lipinski definition) is 1. The lowest BCUT2D eigenvalue weighted by molar-refractivity contribution is -0.145. The van der Waals surface area contributed by atoms with Crippen molar-refractivity contribution in [1.82, 2.24) is 4.90 Å². The van der Waals surface area contributed by atoms with Crippen molar-refractivity contribution < 1.29 is 14.6 Å². The number of piperidine rings is 1. The summed E-state index contributed by atoms with van der Waals surface area (Å²) < 4.78 is 5.96. The molecule has 4 heteroatoms. The van der Waals surface area contributed by atoms with E-state index in [1.54, 1.807) is 0 Å². The largest absolute Gasteiger partial charge is 0.488 e. The number of aryl methyl sites for hydroxylation is 1. The molecule has 0 spiro atoms. The van der Waals surface area contributed by atoms with Gasteiger partial charge in [-0.05, 0) is 37.9 Å². The summed E-state index contributed by atoms with van der Waals surface area (Å²) in [5, 5.41) is 9.31. The molecule has 2 aliphatic heterocycles. The van der Waals surface area contributed by atoms with E-state index in [-0.39, 0.29) is 12.1 Å². The molecule has 1 N–H and O–H groups in total. The van der Waals surface area contributed by atoms with Gasteiger partial charge in [0, 0.05) is 13.0 Å². The molecule has 0 radical (unpaired) electrons. The Morgan fingerprint density at radius 1 is 1.45 bits per heavy atom. The fraction of sp³-hybridized carbons (Fsp3) is 0.562. The Morgan fingerprint density at radius 3 is 3.10 bits per heavy atom. The number of benzene rings is 1. The third-order valence-corrected chi connectivity index (χ3v) is 4.29. The Kier molecular flexibility index (Phi) is 3.66. The second-order valence-electron chi connectivity index (χ2n) is 5.90. The van der Waals surface area contributed by atoms with Crippen molar-refractivity contribution in [2.24, 2.45) is 0 Å². The Morgan fingerprint density at radius 2 is 2.30 bits per heavy atom. The van der Waals surface area contributed by atoms with Gasteiger partial charge in [0.05, 0.1) is 0 Å². The number of ether oxygens (including phenoxy) is 1. The normalized spacial score (nSPS) is 26.1. The van der Waals surface area contributed by atoms with Crippen LogP contribution in [0.1, 0.15) is 30.4 Å². The summed E-state index contributed by atoms with van der Waals surface area (Å²) >= 11 is 0. The molecule has 0 saturated carbocycles. The monoisotopic (exact) mass is 275 g/mol. The third-order valence-electron chi connectivity index (χ3n) is 4.29. The Bertz CT molecular complexity index is 514. The van der Waals surface area contributed by atoms with Crippen LogP contribution in [0.5, 0.6) is 5.75 Å². The van der Waals surface area contributed by atoms with Gasteiger partial charge in [-0.15, -0.1) is 0 Å². The second-order valence-corrected chi connectivity index (χ2v) is 5.90. The molecule has 0 aromatic heterocycles. The summed E-state index contributed by atoms with van der Waals surface area (Å²) in [6.07, 6.45) is 3.83. The fourth-order valence-corrected chi connectivity index (χ4v) is 3.30. The number of hydrogen-bond acceptors (Lipinski definition) is 3. The average Bonchev–Trinajstić information content (AvgIpc) is 2.80. The van der Waals surface area contributed by atoms with Crippen LogP contribution in [0.25, 0.3) is 0 Å². The maximum atomic E-state index is 11.3. The van der Waals surface area contributed by atoms with Gasteiger partial charge in [0.15, 0.2) is 0 Å². The number of rotatable bonds is 3. The number of likely N-dealkylation sites (tertiary alicyclic amines) is 1. The zero-order valence-electron chi connectivity index (χ0n) is 11.8. The zero-order valence-corrected chi connectivity index (χ0v) is 11.8. The van der Waals surface area contributed by atoms with Crippen LogP contribution in [0.2, 0.25) is 0 Å². The van der Waals surface area contributed by atoms with Crippen LogP contribution in [-0.4, -0.2) is 41.2 Å². The summed E-state index contributed by atoms with van der Waals surface area (Å²) in [5.74, 6) is 0.264. The predicted molar refractivity (Wildman–Crippen MR) is 76.1 cm³/mol. The van der Waals surface area contributed by atoms with Crippen LogP contribution in [0.3, 0.4) is 0 Å². The molecule has 2 atom stereocenters. The first-order valence-electron chi connectivity index (χ1n) is 7.36. The van der Waals surface area contributed by atoms with Gasteiger partial charge in [-0.1, -0.05) is 24.1 Å². The molecule has 0 amide bonds. The third kappa shape index (κ3) is 2.66. The number of aliphatic carboxylic acids is 1. The van der Waals surface area contributed by atoms with Crippen LogP contribution in [0.4, 0.5) is 0 Å². The Hall–Kier alpha value is -1.55. The van der Waals surface area contributed by atoms with Crippen LogP contribution in [0.15, 0.2) is 18.2 Å². The highest BCUT2D eigenvalue weighted by molar-refractivity contribution is 5.73. The first-order chi connectivity index (χ1) is 9.63. The number of carboxylic acid groups (broad SMARTS) is 1. The summed E-state index contributed by atoms with van der Waals surface area (Å²) in [5.41, 5.74) is 2.49. The number of fused-ring (bicyclic) bond motifs is 1. The first kappa shape index (κ1) is 13.4. The minimum absolute atomic E-state index is 0.0896. The molecule has 2 unspecified atom stereocenters. The molecule has 1 saturated heterocycles. The molecule has 1 fully saturated rings. The van der Waals surface area contributed by atoms with E-state index in [0.717, 1.165) is 38.0 Å². The minimum atomic E-state index is -0.698. The molecule has 0 aliphatic carbocycles. The van der Waals surface area contributed by atoms with Crippen LogP contribution >= 0.6 is 0 Å². The van der Waals surface area contributed by atoms with E-state index in [1.165, 1.54) is 11.1 Å². The lowest BCUT2D eigenvalue weighted by Gasteiger charge is -2.34. The van der Waals surface area contributed by atoms with Crippen LogP contribution in [-0.2, 0) is 11.2 Å². The van der Waals surface area contributed by atoms with E-state index in [9.17, 15) is 9.90 Å². The van der Waals surface area contributed by atoms with Gasteiger partial charge >= 0.3 is 5.97 Å². The van der Waals surface area contributed by atoms with Crippen molar-refractivity contribution >= 4 is 5.97 Å². The number of carbonyl (C=O) groups is 1. The Labute approximate surface area is 119 Å². The van der Waals surface area contributed by atoms with Crippen molar-refractivity contribution in [1.29, 1.82) is 0 Å². The lowest BCUT2D eigenvalue weighted by Crippen LogP contribution is -2.48. The van der Waals surface area contributed by atoms with E-state index in [4.69, 9.17) is 4.74 Å². The van der Waals surface area contributed by atoms with Gasteiger partial charge < -0.3 is 9.84 Å². The van der Waals surface area contributed by atoms with Crippen LogP contribution in [0, 0.1) is 6.92 Å². The van der Waals surface area contributed by atoms with Crippen LogP contribution < -0.4 is 4.74 Å². The summed E-state index contributed by atoms with van der Waals surface area (Å²) in [6.45, 7) is 3.66. The maximum absolute atomic E-state index is 11.3. The minimum Gasteiger partial charge on any atom is -0.488 e. The summed E-state index contributed by atoms with van der Waals surface area (Å²) in [6, 6.07) is 5.91. The van der Waals surface area contributed by atoms with E-state index in [2.05, 4.69) is 24.0 Å². The van der Waals surface area contributed by atoms with Gasteiger partial charge in [0.2, 0.25) is 0 Å². The highest BCUT2D eigenvalue weighted by Gasteiger charge is 2.32. The van der Waals surface area contributed by atoms with Crippen molar-refractivity contribution in [2.45, 2.75) is 44.8 Å². The van der Waals surface area contributed by atoms with Gasteiger partial charge in [-0.25, -0.2) is 0 Å². The maximum Gasteiger partial charge on any atom is 0.320 e. The SMILES string of the molecule is Cc1ccc2c(c1)CC(CN1CCCCC1C(=O)O)O2. The van der Waals surface area contributed by atoms with E-state index in [0.29, 0.717) is 6.54 Å². The molecular weight excluding hydrogens is 254 g/mol. The molecule has 0 bridgehead atoms. The highest BCUT2D eigenvalue weighted by Crippen LogP contribution is 2.30. The summed E-state index contributed by atoms with van der Waals surface area (Å²) in [7, 11) is 0. The van der Waals surface area contributed by atoms with Gasteiger partial charge in [-0.3, -0.25) is 9.69 Å². The van der Waals surface area contributed by atoms with Crippen molar-refractivity contribution in [3.63, 3.8) is 0 Å². The smallest absolute Gasteiger partial charge is 0.320 e. The zero-order chi connectivity index (χ0) is 14.1. The molecular formula is C16H21NO3. The van der Waals surface area contributed by atoms with Crippen molar-refractivity contribution in [3.8, 4) is 5.75 Å². The molecule has 1 aromatic carbocycles. The molecule has 2 aliphatic rings. The molecule has 108 valence electrons. The highest BCUT2D eigenvalue weighted by atomic mass is 16.5. The molecule has 1 aromatic rings. The fourth-order valence-electron chi connectivity index (χ4n) is 3.30. The predicted octanol–water partition coefficient (Wildman–Crippen LogP) is 2.24. The first-order valence-corrected chi connectivity index (χ1v) is 7.36. The van der Waals surface area contributed by atoms with Crippen molar-refractivity contribution in [2.75, 3.05) is 13.1 Å². The quantitative estimate of drug-likeness (QED) is 0.919. The molecule has 20 heavy (non-hydrogen) atoms. The van der Waals surface area contributed by atoms with Gasteiger partial charge in [0.25, 0.3) is 0 Å². The lowest BCUT2D eigenvalue weighted by atomic mass is 10.0. The van der Waals surface area contributed by atoms with Crippen molar-refractivity contribution in [3.05, 3.63) is 29.3 Å². The van der Waals surface area contributed by atoms with E-state index in [1.807, 2.05) is 6.07 Å². The topological polar surface area (TPSA) is 49.8 Å². The molecule has 2 heterocycles. The number of carboxylic acids is 1. The van der Waals surface area contributed by atoms with E-state index < -0.39 is 5.97 Å². The second kappa shape index (κ2) is 5.44. The molecule has 4 nitrogen and oxygen atoms in total. The Balaban J connectivity index is 1.66. The van der Waals surface area contributed by atoms with Gasteiger partial charge in [-0.2, -0.15) is 0 Å². The standard InChI is InChI=1S/C16H21NO3/c1-11-5-6-15-12(8-11)9-13(20-15)10-17-7-3-2-4-14(17)16(18)19/h5-6,8,13-14H,2-4,7,9-10H2,1H3,(H,18,19).